The summed E-state index contributed by atoms with van der Waals surface area (Å²) in [7, 11) is -2.21. The van der Waals surface area contributed by atoms with E-state index in [-0.39, 0.29) is 23.9 Å². The summed E-state index contributed by atoms with van der Waals surface area (Å²) in [5, 5.41) is 9.10. The molecule has 2 unspecified atom stereocenters. The van der Waals surface area contributed by atoms with Crippen molar-refractivity contribution in [3.63, 3.8) is 0 Å². The predicted octanol–water partition coefficient (Wildman–Crippen LogP) is 1.80. The summed E-state index contributed by atoms with van der Waals surface area (Å²) in [5.74, 6) is -1.30. The van der Waals surface area contributed by atoms with Crippen LogP contribution in [0.3, 0.4) is 0 Å². The second-order valence-corrected chi connectivity index (χ2v) is 7.83. The van der Waals surface area contributed by atoms with Gasteiger partial charge in [-0.05, 0) is 40.0 Å². The minimum absolute atomic E-state index is 0.00246. The maximum Gasteiger partial charge on any atom is 0.308 e. The van der Waals surface area contributed by atoms with Gasteiger partial charge in [0.2, 0.25) is 10.0 Å². The molecule has 0 aromatic heterocycles. The number of benzene rings is 1. The van der Waals surface area contributed by atoms with Crippen molar-refractivity contribution in [2.75, 3.05) is 20.2 Å². The smallest absolute Gasteiger partial charge is 0.308 e. The van der Waals surface area contributed by atoms with Crippen LogP contribution >= 0.6 is 15.9 Å². The van der Waals surface area contributed by atoms with Gasteiger partial charge in [0.25, 0.3) is 0 Å². The van der Waals surface area contributed by atoms with E-state index < -0.39 is 21.9 Å². The van der Waals surface area contributed by atoms with Gasteiger partial charge in [-0.15, -0.1) is 0 Å². The molecule has 2 rings (SSSR count). The standard InChI is InChI=1S/C13H16BrNO5S/c1-8-6-15(7-10(8)13(16)17)21(18,19)9-3-4-12(20-2)11(14)5-9/h3-5,8,10H,6-7H2,1-2H3,(H,16,17). The first-order chi connectivity index (χ1) is 9.77. The fourth-order valence-electron chi connectivity index (χ4n) is 2.40. The van der Waals surface area contributed by atoms with Crippen LogP contribution in [-0.2, 0) is 14.8 Å². The van der Waals surface area contributed by atoms with Gasteiger partial charge in [-0.1, -0.05) is 6.92 Å². The van der Waals surface area contributed by atoms with Crippen molar-refractivity contribution in [1.29, 1.82) is 0 Å². The van der Waals surface area contributed by atoms with Crippen molar-refractivity contribution in [3.05, 3.63) is 22.7 Å². The lowest BCUT2D eigenvalue weighted by molar-refractivity contribution is -0.142. The molecule has 0 spiro atoms. The van der Waals surface area contributed by atoms with Crippen LogP contribution in [0, 0.1) is 11.8 Å². The highest BCUT2D eigenvalue weighted by Crippen LogP contribution is 2.32. The van der Waals surface area contributed by atoms with Crippen LogP contribution in [0.2, 0.25) is 0 Å². The number of carboxylic acids is 1. The van der Waals surface area contributed by atoms with Gasteiger partial charge in [0, 0.05) is 13.1 Å². The Kier molecular flexibility index (Phi) is 4.60. The van der Waals surface area contributed by atoms with E-state index in [9.17, 15) is 13.2 Å². The van der Waals surface area contributed by atoms with Crippen molar-refractivity contribution in [2.45, 2.75) is 11.8 Å². The van der Waals surface area contributed by atoms with Crippen LogP contribution in [0.25, 0.3) is 0 Å². The lowest BCUT2D eigenvalue weighted by Crippen LogP contribution is -2.30. The Balaban J connectivity index is 2.31. The zero-order valence-corrected chi connectivity index (χ0v) is 14.0. The third kappa shape index (κ3) is 3.07. The Hall–Kier alpha value is -1.12. The number of ether oxygens (including phenoxy) is 1. The summed E-state index contributed by atoms with van der Waals surface area (Å²) in [6.45, 7) is 1.96. The summed E-state index contributed by atoms with van der Waals surface area (Å²) in [6.07, 6.45) is 0. The molecule has 2 atom stereocenters. The van der Waals surface area contributed by atoms with Crippen molar-refractivity contribution in [3.8, 4) is 5.75 Å². The molecular formula is C13H16BrNO5S. The number of methoxy groups -OCH3 is 1. The van der Waals surface area contributed by atoms with Crippen molar-refractivity contribution in [1.82, 2.24) is 4.31 Å². The molecular weight excluding hydrogens is 362 g/mol. The van der Waals surface area contributed by atoms with E-state index in [0.717, 1.165) is 0 Å². The molecule has 8 heteroatoms. The summed E-state index contributed by atoms with van der Waals surface area (Å²) in [6, 6.07) is 4.48. The zero-order valence-electron chi connectivity index (χ0n) is 11.6. The second-order valence-electron chi connectivity index (χ2n) is 5.04. The topological polar surface area (TPSA) is 83.9 Å². The van der Waals surface area contributed by atoms with Gasteiger partial charge in [0.15, 0.2) is 0 Å². The van der Waals surface area contributed by atoms with Crippen molar-refractivity contribution >= 4 is 31.9 Å². The average molecular weight is 378 g/mol. The first-order valence-electron chi connectivity index (χ1n) is 6.34. The Morgan fingerprint density at radius 3 is 2.57 bits per heavy atom. The van der Waals surface area contributed by atoms with E-state index in [1.165, 1.54) is 23.5 Å². The first-order valence-corrected chi connectivity index (χ1v) is 8.57. The van der Waals surface area contributed by atoms with Gasteiger partial charge in [-0.25, -0.2) is 8.42 Å². The van der Waals surface area contributed by atoms with E-state index in [1.807, 2.05) is 0 Å². The third-order valence-corrected chi connectivity index (χ3v) is 6.10. The maximum absolute atomic E-state index is 12.6. The summed E-state index contributed by atoms with van der Waals surface area (Å²) < 4.78 is 32.0. The Morgan fingerprint density at radius 2 is 2.10 bits per heavy atom. The minimum atomic E-state index is -3.70. The van der Waals surface area contributed by atoms with Crippen LogP contribution in [0.1, 0.15) is 6.92 Å². The Bertz CT molecular complexity index is 661. The quantitative estimate of drug-likeness (QED) is 0.864. The largest absolute Gasteiger partial charge is 0.496 e. The molecule has 1 aromatic carbocycles. The van der Waals surface area contributed by atoms with Crippen molar-refractivity contribution < 1.29 is 23.1 Å². The number of rotatable bonds is 4. The van der Waals surface area contributed by atoms with Crippen LogP contribution in [-0.4, -0.2) is 44.0 Å². The fourth-order valence-corrected chi connectivity index (χ4v) is 4.68. The molecule has 0 radical (unpaired) electrons. The molecule has 116 valence electrons. The normalized spacial score (nSPS) is 23.2. The maximum atomic E-state index is 12.6. The molecule has 0 bridgehead atoms. The molecule has 1 aliphatic rings. The highest BCUT2D eigenvalue weighted by molar-refractivity contribution is 9.10. The molecule has 1 saturated heterocycles. The molecule has 1 aromatic rings. The minimum Gasteiger partial charge on any atom is -0.496 e. The van der Waals surface area contributed by atoms with Crippen molar-refractivity contribution in [2.24, 2.45) is 11.8 Å². The lowest BCUT2D eigenvalue weighted by Gasteiger charge is -2.16. The number of hydrogen-bond acceptors (Lipinski definition) is 4. The predicted molar refractivity (Wildman–Crippen MR) is 79.7 cm³/mol. The number of hydrogen-bond donors (Lipinski definition) is 1. The fraction of sp³-hybridized carbons (Fsp3) is 0.462. The molecule has 6 nitrogen and oxygen atoms in total. The number of nitrogens with zero attached hydrogens (tertiary/aromatic N) is 1. The molecule has 21 heavy (non-hydrogen) atoms. The van der Waals surface area contributed by atoms with Gasteiger partial charge in [-0.3, -0.25) is 4.79 Å². The Labute approximate surface area is 131 Å². The van der Waals surface area contributed by atoms with Gasteiger partial charge >= 0.3 is 5.97 Å². The summed E-state index contributed by atoms with van der Waals surface area (Å²) in [5.41, 5.74) is 0. The van der Waals surface area contributed by atoms with Crippen LogP contribution < -0.4 is 4.74 Å². The number of sulfonamides is 1. The van der Waals surface area contributed by atoms with Gasteiger partial charge < -0.3 is 9.84 Å². The summed E-state index contributed by atoms with van der Waals surface area (Å²) in [4.78, 5) is 11.2. The molecule has 1 aliphatic heterocycles. The molecule has 0 aliphatic carbocycles. The monoisotopic (exact) mass is 377 g/mol. The first kappa shape index (κ1) is 16.3. The number of carboxylic acid groups (broad SMARTS) is 1. The lowest BCUT2D eigenvalue weighted by atomic mass is 9.99. The number of aliphatic carboxylic acids is 1. The number of carbonyl (C=O) groups is 1. The SMILES string of the molecule is COc1ccc(S(=O)(=O)N2CC(C)C(C(=O)O)C2)cc1Br. The average Bonchev–Trinajstić information content (AvgIpc) is 2.81. The van der Waals surface area contributed by atoms with Gasteiger partial charge in [0.05, 0.1) is 22.4 Å². The Morgan fingerprint density at radius 1 is 1.43 bits per heavy atom. The third-order valence-electron chi connectivity index (χ3n) is 3.66. The van der Waals surface area contributed by atoms with E-state index in [4.69, 9.17) is 9.84 Å². The molecule has 1 heterocycles. The van der Waals surface area contributed by atoms with Gasteiger partial charge in [-0.2, -0.15) is 4.31 Å². The van der Waals surface area contributed by atoms with E-state index in [1.54, 1.807) is 13.0 Å². The second kappa shape index (κ2) is 5.94. The molecule has 1 N–H and O–H groups in total. The van der Waals surface area contributed by atoms with Gasteiger partial charge in [0.1, 0.15) is 5.75 Å². The summed E-state index contributed by atoms with van der Waals surface area (Å²) >= 11 is 3.25. The highest BCUT2D eigenvalue weighted by atomic mass is 79.9. The van der Waals surface area contributed by atoms with E-state index >= 15 is 0 Å². The van der Waals surface area contributed by atoms with Crippen LogP contribution in [0.15, 0.2) is 27.6 Å². The van der Waals surface area contributed by atoms with Crippen LogP contribution in [0.5, 0.6) is 5.75 Å². The molecule has 0 saturated carbocycles. The van der Waals surface area contributed by atoms with E-state index in [2.05, 4.69) is 15.9 Å². The van der Waals surface area contributed by atoms with E-state index in [0.29, 0.717) is 10.2 Å². The molecule has 1 fully saturated rings. The highest BCUT2D eigenvalue weighted by Gasteiger charge is 2.40. The number of halogens is 1. The molecule has 0 amide bonds. The van der Waals surface area contributed by atoms with Crippen LogP contribution in [0.4, 0.5) is 0 Å². The zero-order chi connectivity index (χ0) is 15.8.